The van der Waals surface area contributed by atoms with Crippen LogP contribution in [0, 0.1) is 0 Å². The van der Waals surface area contributed by atoms with Crippen LogP contribution in [-0.4, -0.2) is 37.2 Å². The maximum absolute atomic E-state index is 12.9. The number of allylic oxidation sites excluding steroid dienone is 28. The van der Waals surface area contributed by atoms with Crippen LogP contribution in [0.4, 0.5) is 0 Å². The van der Waals surface area contributed by atoms with Gasteiger partial charge in [-0.1, -0.05) is 294 Å². The van der Waals surface area contributed by atoms with Crippen molar-refractivity contribution in [3.05, 3.63) is 170 Å². The molecule has 0 amide bonds. The number of carbonyl (C=O) groups excluding carboxylic acids is 3. The van der Waals surface area contributed by atoms with Crippen molar-refractivity contribution in [1.29, 1.82) is 0 Å². The number of carbonyl (C=O) groups is 3. The van der Waals surface area contributed by atoms with Crippen LogP contribution in [0.1, 0.15) is 278 Å². The van der Waals surface area contributed by atoms with E-state index in [0.717, 1.165) is 173 Å². The van der Waals surface area contributed by atoms with Gasteiger partial charge < -0.3 is 14.2 Å². The highest BCUT2D eigenvalue weighted by Gasteiger charge is 2.19. The van der Waals surface area contributed by atoms with Crippen LogP contribution in [0.3, 0.4) is 0 Å². The molecule has 6 nitrogen and oxygen atoms in total. The Morgan fingerprint density at radius 1 is 0.253 bits per heavy atom. The zero-order valence-electron chi connectivity index (χ0n) is 53.4. The van der Waals surface area contributed by atoms with E-state index in [1.54, 1.807) is 0 Å². The van der Waals surface area contributed by atoms with Crippen LogP contribution >= 0.6 is 0 Å². The van der Waals surface area contributed by atoms with Crippen molar-refractivity contribution >= 4 is 17.9 Å². The summed E-state index contributed by atoms with van der Waals surface area (Å²) >= 11 is 0. The number of hydrogen-bond donors (Lipinski definition) is 0. The van der Waals surface area contributed by atoms with Crippen LogP contribution in [0.5, 0.6) is 0 Å². The highest BCUT2D eigenvalue weighted by Crippen LogP contribution is 2.15. The molecular formula is C77H122O6. The molecule has 0 saturated carbocycles. The van der Waals surface area contributed by atoms with Crippen LogP contribution < -0.4 is 0 Å². The van der Waals surface area contributed by atoms with Gasteiger partial charge in [0.25, 0.3) is 0 Å². The third-order valence-corrected chi connectivity index (χ3v) is 13.7. The second kappa shape index (κ2) is 69.3. The van der Waals surface area contributed by atoms with E-state index in [1.807, 2.05) is 0 Å². The summed E-state index contributed by atoms with van der Waals surface area (Å²) in [6.45, 7) is 6.36. The number of unbranched alkanes of at least 4 members (excludes halogenated alkanes) is 20. The smallest absolute Gasteiger partial charge is 0.306 e. The minimum atomic E-state index is -0.800. The van der Waals surface area contributed by atoms with Crippen molar-refractivity contribution in [2.75, 3.05) is 13.2 Å². The average molecular weight is 1140 g/mol. The normalized spacial score (nSPS) is 13.2. The lowest BCUT2D eigenvalue weighted by atomic mass is 10.1. The molecule has 0 aliphatic heterocycles. The number of ether oxygens (including phenoxy) is 3. The van der Waals surface area contributed by atoms with Gasteiger partial charge in [0.15, 0.2) is 6.10 Å². The van der Waals surface area contributed by atoms with Gasteiger partial charge in [-0.25, -0.2) is 0 Å². The lowest BCUT2D eigenvalue weighted by Gasteiger charge is -2.18. The standard InChI is InChI=1S/C77H122O6/c1-4-7-10-13-16-19-21-23-25-27-29-31-32-33-34-35-36-37-38-39-40-41-42-43-44-46-47-49-51-53-55-58-61-64-67-70-76(79)82-73-74(72-81-75(78)69-66-63-60-57-18-15-12-9-6-3)83-77(80)71-68-65-62-59-56-54-52-50-48-45-30-28-26-24-22-20-17-14-11-8-5-2/h7-8,10-11,16-17,19-20,23-26,29-31,33-34,36-37,39-40,42-43,45-47,50,52,74H,4-6,9,12-15,18,21-22,27-28,32,35,38,41,44,48-49,51,53-73H2,1-3H3/b10-7-,11-8-,19-16-,20-17-,25-23-,26-24-,31-29-,34-33-,37-36-,40-39-,43-42-,45-30-,47-46-,52-50-. The van der Waals surface area contributed by atoms with Crippen LogP contribution in [0.15, 0.2) is 170 Å². The molecule has 0 aliphatic carbocycles. The second-order valence-electron chi connectivity index (χ2n) is 21.6. The summed E-state index contributed by atoms with van der Waals surface area (Å²) in [5.74, 6) is -0.930. The molecule has 83 heavy (non-hydrogen) atoms. The Morgan fingerprint density at radius 2 is 0.470 bits per heavy atom. The van der Waals surface area contributed by atoms with E-state index >= 15 is 0 Å². The lowest BCUT2D eigenvalue weighted by molar-refractivity contribution is -0.167. The first-order chi connectivity index (χ1) is 41.0. The maximum Gasteiger partial charge on any atom is 0.306 e. The van der Waals surface area contributed by atoms with Gasteiger partial charge in [0.1, 0.15) is 13.2 Å². The van der Waals surface area contributed by atoms with Crippen LogP contribution in [-0.2, 0) is 28.6 Å². The first-order valence-electron chi connectivity index (χ1n) is 33.6. The summed E-state index contributed by atoms with van der Waals surface area (Å²) < 4.78 is 16.9. The Balaban J connectivity index is 4.27. The Morgan fingerprint density at radius 3 is 0.735 bits per heavy atom. The molecule has 1 unspecified atom stereocenters. The zero-order chi connectivity index (χ0) is 59.9. The quantitative estimate of drug-likeness (QED) is 0.0261. The summed E-state index contributed by atoms with van der Waals surface area (Å²) in [6, 6.07) is 0. The van der Waals surface area contributed by atoms with Crippen molar-refractivity contribution in [2.45, 2.75) is 284 Å². The SMILES string of the molecule is CC/C=C\C/C=C\C/C=C\C/C=C\C/C=C\C/C=C\C/C=C\C/C=C\C/C=C\CCCCCCCCCC(=O)OCC(COC(=O)CCCCCCCCCCC)OC(=O)CCCCCCC/C=C\C/C=C\C/C=C\C/C=C\C/C=C\CC. The third-order valence-electron chi connectivity index (χ3n) is 13.7. The van der Waals surface area contributed by atoms with Gasteiger partial charge in [-0.15, -0.1) is 0 Å². The average Bonchev–Trinajstić information content (AvgIpc) is 3.49. The maximum atomic E-state index is 12.9. The summed E-state index contributed by atoms with van der Waals surface area (Å²) in [5.41, 5.74) is 0. The van der Waals surface area contributed by atoms with Crippen LogP contribution in [0.25, 0.3) is 0 Å². The molecule has 0 aliphatic rings. The second-order valence-corrected chi connectivity index (χ2v) is 21.6. The van der Waals surface area contributed by atoms with Gasteiger partial charge in [0.05, 0.1) is 0 Å². The van der Waals surface area contributed by atoms with Gasteiger partial charge in [-0.3, -0.25) is 14.4 Å². The van der Waals surface area contributed by atoms with E-state index in [1.165, 1.54) is 64.2 Å². The highest BCUT2D eigenvalue weighted by molar-refractivity contribution is 5.71. The first kappa shape index (κ1) is 77.8. The zero-order valence-corrected chi connectivity index (χ0v) is 53.4. The fraction of sp³-hybridized carbons (Fsp3) is 0.597. The molecule has 0 aromatic heterocycles. The van der Waals surface area contributed by atoms with E-state index in [4.69, 9.17) is 14.2 Å². The molecule has 0 fully saturated rings. The van der Waals surface area contributed by atoms with Gasteiger partial charge in [0.2, 0.25) is 0 Å². The highest BCUT2D eigenvalue weighted by atomic mass is 16.6. The minimum absolute atomic E-state index is 0.0942. The topological polar surface area (TPSA) is 78.9 Å². The van der Waals surface area contributed by atoms with Crippen molar-refractivity contribution in [3.8, 4) is 0 Å². The number of esters is 3. The Bertz CT molecular complexity index is 1890. The molecule has 0 heterocycles. The van der Waals surface area contributed by atoms with Gasteiger partial charge in [-0.05, 0) is 135 Å². The molecule has 0 spiro atoms. The van der Waals surface area contributed by atoms with E-state index in [9.17, 15) is 14.4 Å². The summed E-state index contributed by atoms with van der Waals surface area (Å²) in [5, 5.41) is 0. The number of hydrogen-bond acceptors (Lipinski definition) is 6. The van der Waals surface area contributed by atoms with Gasteiger partial charge in [0, 0.05) is 19.3 Å². The molecule has 1 atom stereocenters. The fourth-order valence-electron chi connectivity index (χ4n) is 8.76. The molecular weight excluding hydrogens is 1020 g/mol. The molecule has 0 bridgehead atoms. The first-order valence-corrected chi connectivity index (χ1v) is 33.6. The van der Waals surface area contributed by atoms with E-state index < -0.39 is 6.10 Å². The number of rotatable bonds is 59. The monoisotopic (exact) mass is 1140 g/mol. The third kappa shape index (κ3) is 67.4. The summed E-state index contributed by atoms with van der Waals surface area (Å²) in [4.78, 5) is 38.2. The Kier molecular flexibility index (Phi) is 64.9. The lowest BCUT2D eigenvalue weighted by Crippen LogP contribution is -2.30. The molecule has 0 aromatic rings. The predicted molar refractivity (Wildman–Crippen MR) is 361 cm³/mol. The minimum Gasteiger partial charge on any atom is -0.462 e. The molecule has 0 saturated heterocycles. The molecule has 6 heteroatoms. The van der Waals surface area contributed by atoms with Crippen molar-refractivity contribution in [2.24, 2.45) is 0 Å². The van der Waals surface area contributed by atoms with Crippen molar-refractivity contribution in [3.63, 3.8) is 0 Å². The largest absolute Gasteiger partial charge is 0.462 e. The van der Waals surface area contributed by atoms with Gasteiger partial charge in [-0.2, -0.15) is 0 Å². The van der Waals surface area contributed by atoms with E-state index in [2.05, 4.69) is 191 Å². The van der Waals surface area contributed by atoms with Crippen LogP contribution in [0.2, 0.25) is 0 Å². The summed E-state index contributed by atoms with van der Waals surface area (Å²) in [6.07, 6.45) is 102. The predicted octanol–water partition coefficient (Wildman–Crippen LogP) is 23.4. The molecule has 0 radical (unpaired) electrons. The summed E-state index contributed by atoms with van der Waals surface area (Å²) in [7, 11) is 0. The van der Waals surface area contributed by atoms with Crippen molar-refractivity contribution < 1.29 is 28.6 Å². The van der Waals surface area contributed by atoms with Gasteiger partial charge >= 0.3 is 17.9 Å². The Hall–Kier alpha value is -5.23. The van der Waals surface area contributed by atoms with Crippen molar-refractivity contribution in [1.82, 2.24) is 0 Å². The van der Waals surface area contributed by atoms with E-state index in [-0.39, 0.29) is 31.1 Å². The molecule has 0 aromatic carbocycles. The molecule has 0 rings (SSSR count). The molecule has 0 N–H and O–H groups in total. The fourth-order valence-corrected chi connectivity index (χ4v) is 8.76. The van der Waals surface area contributed by atoms with E-state index in [0.29, 0.717) is 19.3 Å². The Labute approximate surface area is 511 Å². The molecule has 466 valence electrons.